The molecule has 0 aliphatic carbocycles. The molecule has 0 fully saturated rings. The monoisotopic (exact) mass is 418 g/mol. The van der Waals surface area contributed by atoms with Gasteiger partial charge in [0.05, 0.1) is 29.6 Å². The number of ether oxygens (including phenoxy) is 3. The number of hydrogen-bond donors (Lipinski definition) is 0. The summed E-state index contributed by atoms with van der Waals surface area (Å²) in [6.45, 7) is 6.22. The Morgan fingerprint density at radius 2 is 2.17 bits per heavy atom. The Hall–Kier alpha value is -2.45. The summed E-state index contributed by atoms with van der Waals surface area (Å²) >= 11 is 1.57. The van der Waals surface area contributed by atoms with E-state index < -0.39 is 18.1 Å². The number of esters is 1. The number of carbonyl (C=O) groups excluding carboxylic acids is 2. The number of aromatic nitrogens is 1. The predicted octanol–water partition coefficient (Wildman–Crippen LogP) is 3.45. The van der Waals surface area contributed by atoms with E-state index in [0.29, 0.717) is 24.7 Å². The largest absolute Gasteiger partial charge is 0.479 e. The third-order valence-corrected chi connectivity index (χ3v) is 5.56. The maximum absolute atomic E-state index is 12.8. The molecule has 3 rings (SSSR count). The van der Waals surface area contributed by atoms with E-state index in [9.17, 15) is 9.59 Å². The van der Waals surface area contributed by atoms with Crippen molar-refractivity contribution in [1.82, 2.24) is 4.98 Å². The number of carbonyl (C=O) groups is 2. The fourth-order valence-electron chi connectivity index (χ4n) is 3.10. The van der Waals surface area contributed by atoms with Gasteiger partial charge in [0, 0.05) is 24.5 Å². The van der Waals surface area contributed by atoms with Gasteiger partial charge in [-0.2, -0.15) is 0 Å². The molecule has 2 heterocycles. The Balaban J connectivity index is 1.93. The van der Waals surface area contributed by atoms with Gasteiger partial charge in [-0.25, -0.2) is 9.78 Å². The van der Waals surface area contributed by atoms with Crippen molar-refractivity contribution in [1.29, 1.82) is 0 Å². The van der Waals surface area contributed by atoms with Crippen LogP contribution < -0.4 is 9.64 Å². The van der Waals surface area contributed by atoms with Gasteiger partial charge in [0.25, 0.3) is 5.91 Å². The number of thiazole rings is 1. The Morgan fingerprint density at radius 3 is 2.90 bits per heavy atom. The molecule has 2 atom stereocenters. The van der Waals surface area contributed by atoms with E-state index in [4.69, 9.17) is 14.2 Å². The van der Waals surface area contributed by atoms with Crippen molar-refractivity contribution in [3.63, 3.8) is 0 Å². The molecule has 0 bridgehead atoms. The van der Waals surface area contributed by atoms with Gasteiger partial charge in [-0.05, 0) is 38.5 Å². The summed E-state index contributed by atoms with van der Waals surface area (Å²) in [6, 6.07) is 4.83. The molecule has 1 aromatic carbocycles. The summed E-state index contributed by atoms with van der Waals surface area (Å²) < 4.78 is 16.1. The highest BCUT2D eigenvalue weighted by Gasteiger charge is 2.38. The molecule has 2 aromatic rings. The van der Waals surface area contributed by atoms with Gasteiger partial charge in [-0.3, -0.25) is 9.69 Å². The number of rotatable bonds is 8. The molecule has 1 aliphatic rings. The number of amides is 1. The first-order valence-corrected chi connectivity index (χ1v) is 10.6. The van der Waals surface area contributed by atoms with Crippen LogP contribution in [-0.4, -0.2) is 49.3 Å². The van der Waals surface area contributed by atoms with E-state index in [1.165, 1.54) is 4.90 Å². The summed E-state index contributed by atoms with van der Waals surface area (Å²) in [5, 5.41) is 2.96. The van der Waals surface area contributed by atoms with Gasteiger partial charge >= 0.3 is 5.97 Å². The zero-order valence-electron chi connectivity index (χ0n) is 17.1. The molecule has 0 spiro atoms. The van der Waals surface area contributed by atoms with Crippen molar-refractivity contribution in [2.45, 2.75) is 45.8 Å². The van der Waals surface area contributed by atoms with E-state index in [1.807, 2.05) is 30.5 Å². The molecule has 29 heavy (non-hydrogen) atoms. The third-order valence-electron chi connectivity index (χ3n) is 4.65. The van der Waals surface area contributed by atoms with Gasteiger partial charge in [-0.15, -0.1) is 11.3 Å². The van der Waals surface area contributed by atoms with Crippen LogP contribution in [0.1, 0.15) is 32.2 Å². The molecular formula is C21H26N2O5S. The molecule has 0 N–H and O–H groups in total. The maximum Gasteiger partial charge on any atom is 0.328 e. The first kappa shape index (κ1) is 21.3. The van der Waals surface area contributed by atoms with Crippen molar-refractivity contribution in [2.24, 2.45) is 0 Å². The number of methoxy groups -OCH3 is 1. The smallest absolute Gasteiger partial charge is 0.328 e. The Labute approximate surface area is 174 Å². The standard InChI is InChI=1S/C21H26N2O5S/c1-5-9-27-21(25)13(2)23-17-11-15(6-7-18(17)28-14(3)20(23)24)16-12-29-19(22-16)8-10-26-4/h6-7,11-14H,5,8-10H2,1-4H3. The summed E-state index contributed by atoms with van der Waals surface area (Å²) in [5.41, 5.74) is 2.22. The minimum Gasteiger partial charge on any atom is -0.479 e. The highest BCUT2D eigenvalue weighted by atomic mass is 32.1. The van der Waals surface area contributed by atoms with Crippen molar-refractivity contribution in [3.05, 3.63) is 28.6 Å². The Morgan fingerprint density at radius 1 is 1.38 bits per heavy atom. The van der Waals surface area contributed by atoms with Crippen molar-refractivity contribution >= 4 is 28.9 Å². The van der Waals surface area contributed by atoms with E-state index in [-0.39, 0.29) is 5.91 Å². The topological polar surface area (TPSA) is 78.0 Å². The van der Waals surface area contributed by atoms with Crippen LogP contribution in [0.5, 0.6) is 5.75 Å². The number of hydrogen-bond acceptors (Lipinski definition) is 7. The van der Waals surface area contributed by atoms with Crippen LogP contribution in [0.2, 0.25) is 0 Å². The van der Waals surface area contributed by atoms with Gasteiger partial charge in [0.2, 0.25) is 0 Å². The van der Waals surface area contributed by atoms with Crippen molar-refractivity contribution in [2.75, 3.05) is 25.2 Å². The molecule has 1 aromatic heterocycles. The summed E-state index contributed by atoms with van der Waals surface area (Å²) in [4.78, 5) is 31.4. The second-order valence-corrected chi connectivity index (χ2v) is 7.81. The number of nitrogens with zero attached hydrogens (tertiary/aromatic N) is 2. The van der Waals surface area contributed by atoms with Crippen LogP contribution >= 0.6 is 11.3 Å². The zero-order chi connectivity index (χ0) is 21.0. The highest BCUT2D eigenvalue weighted by molar-refractivity contribution is 7.09. The molecule has 8 heteroatoms. The average Bonchev–Trinajstić information content (AvgIpc) is 3.19. The minimum absolute atomic E-state index is 0.269. The molecule has 1 amide bonds. The van der Waals surface area contributed by atoms with Gasteiger partial charge in [0.1, 0.15) is 11.8 Å². The lowest BCUT2D eigenvalue weighted by Crippen LogP contribution is -2.52. The second-order valence-electron chi connectivity index (χ2n) is 6.86. The van der Waals surface area contributed by atoms with Crippen molar-refractivity contribution < 1.29 is 23.8 Å². The number of benzene rings is 1. The Bertz CT molecular complexity index is 882. The second kappa shape index (κ2) is 9.37. The van der Waals surface area contributed by atoms with Gasteiger partial charge in [0.15, 0.2) is 6.10 Å². The van der Waals surface area contributed by atoms with E-state index in [1.54, 1.807) is 32.3 Å². The minimum atomic E-state index is -0.748. The van der Waals surface area contributed by atoms with E-state index in [2.05, 4.69) is 4.98 Å². The lowest BCUT2D eigenvalue weighted by Gasteiger charge is -2.36. The first-order chi connectivity index (χ1) is 14.0. The lowest BCUT2D eigenvalue weighted by atomic mass is 10.1. The predicted molar refractivity (Wildman–Crippen MR) is 111 cm³/mol. The van der Waals surface area contributed by atoms with E-state index >= 15 is 0 Å². The fourth-order valence-corrected chi connectivity index (χ4v) is 3.88. The van der Waals surface area contributed by atoms with Crippen LogP contribution in [0.4, 0.5) is 5.69 Å². The zero-order valence-corrected chi connectivity index (χ0v) is 18.0. The maximum atomic E-state index is 12.8. The summed E-state index contributed by atoms with van der Waals surface area (Å²) in [6.07, 6.45) is 0.800. The van der Waals surface area contributed by atoms with Gasteiger partial charge in [-0.1, -0.05) is 6.92 Å². The van der Waals surface area contributed by atoms with Crippen LogP contribution in [0, 0.1) is 0 Å². The quantitative estimate of drug-likeness (QED) is 0.611. The third kappa shape index (κ3) is 4.59. The molecule has 0 radical (unpaired) electrons. The molecular weight excluding hydrogens is 392 g/mol. The van der Waals surface area contributed by atoms with Crippen LogP contribution in [-0.2, 0) is 25.5 Å². The normalized spacial score (nSPS) is 16.9. The number of anilines is 1. The summed E-state index contributed by atoms with van der Waals surface area (Å²) in [5.74, 6) is -0.137. The van der Waals surface area contributed by atoms with Crippen LogP contribution in [0.3, 0.4) is 0 Å². The molecule has 2 unspecified atom stereocenters. The lowest BCUT2D eigenvalue weighted by molar-refractivity contribution is -0.146. The van der Waals surface area contributed by atoms with E-state index in [0.717, 1.165) is 29.1 Å². The summed E-state index contributed by atoms with van der Waals surface area (Å²) in [7, 11) is 1.66. The average molecular weight is 419 g/mol. The molecule has 0 saturated carbocycles. The SMILES string of the molecule is CCCOC(=O)C(C)N1C(=O)C(C)Oc2ccc(-c3csc(CCOC)n3)cc21. The molecule has 7 nitrogen and oxygen atoms in total. The van der Waals surface area contributed by atoms with Crippen molar-refractivity contribution in [3.8, 4) is 17.0 Å². The first-order valence-electron chi connectivity index (χ1n) is 9.70. The van der Waals surface area contributed by atoms with Gasteiger partial charge < -0.3 is 14.2 Å². The molecule has 0 saturated heterocycles. The highest BCUT2D eigenvalue weighted by Crippen LogP contribution is 2.39. The Kier molecular flexibility index (Phi) is 6.87. The van der Waals surface area contributed by atoms with Crippen LogP contribution in [0.25, 0.3) is 11.3 Å². The number of fused-ring (bicyclic) bond motifs is 1. The molecule has 1 aliphatic heterocycles. The molecule has 156 valence electrons. The van der Waals surface area contributed by atoms with Crippen LogP contribution in [0.15, 0.2) is 23.6 Å². The fraction of sp³-hybridized carbons (Fsp3) is 0.476.